The van der Waals surface area contributed by atoms with Gasteiger partial charge in [-0.2, -0.15) is 0 Å². The van der Waals surface area contributed by atoms with Gasteiger partial charge in [0.25, 0.3) is 0 Å². The minimum atomic E-state index is -4.83. The van der Waals surface area contributed by atoms with Gasteiger partial charge in [0.15, 0.2) is 0 Å². The maximum atomic E-state index is 12.3. The van der Waals surface area contributed by atoms with Gasteiger partial charge in [0, 0.05) is 12.1 Å². The lowest BCUT2D eigenvalue weighted by atomic mass is 10.2. The largest absolute Gasteiger partial charge is 0.573 e. The van der Waals surface area contributed by atoms with Gasteiger partial charge in [-0.15, -0.1) is 24.5 Å². The number of sulfonamides is 1. The van der Waals surface area contributed by atoms with E-state index in [2.05, 4.69) is 9.46 Å². The third kappa shape index (κ3) is 4.45. The average Bonchev–Trinajstić information content (AvgIpc) is 2.90. The SMILES string of the molecule is O=S(=O)(NCc1ccccc1OC(F)(F)F)c1cccs1. The average molecular weight is 337 g/mol. The van der Waals surface area contributed by atoms with Gasteiger partial charge in [0.2, 0.25) is 10.0 Å². The zero-order valence-corrected chi connectivity index (χ0v) is 12.1. The van der Waals surface area contributed by atoms with Gasteiger partial charge in [-0.05, 0) is 17.5 Å². The van der Waals surface area contributed by atoms with Crippen molar-refractivity contribution in [2.75, 3.05) is 0 Å². The van der Waals surface area contributed by atoms with E-state index >= 15 is 0 Å². The Labute approximate surface area is 123 Å². The molecule has 0 saturated carbocycles. The molecule has 0 spiro atoms. The summed E-state index contributed by atoms with van der Waals surface area (Å²) in [5, 5.41) is 1.59. The van der Waals surface area contributed by atoms with Gasteiger partial charge in [0.1, 0.15) is 9.96 Å². The van der Waals surface area contributed by atoms with Crippen molar-refractivity contribution in [2.24, 2.45) is 0 Å². The molecule has 0 unspecified atom stereocenters. The maximum Gasteiger partial charge on any atom is 0.573 e. The van der Waals surface area contributed by atoms with Gasteiger partial charge >= 0.3 is 6.36 Å². The molecule has 0 atom stereocenters. The van der Waals surface area contributed by atoms with Crippen LogP contribution in [0.25, 0.3) is 0 Å². The Morgan fingerprint density at radius 3 is 2.48 bits per heavy atom. The van der Waals surface area contributed by atoms with E-state index in [-0.39, 0.29) is 16.3 Å². The van der Waals surface area contributed by atoms with Crippen LogP contribution in [0.4, 0.5) is 13.2 Å². The molecule has 1 aromatic heterocycles. The van der Waals surface area contributed by atoms with E-state index in [1.807, 2.05) is 0 Å². The number of hydrogen-bond donors (Lipinski definition) is 1. The number of para-hydroxylation sites is 1. The van der Waals surface area contributed by atoms with Crippen molar-refractivity contribution in [3.05, 3.63) is 47.3 Å². The Morgan fingerprint density at radius 2 is 1.86 bits per heavy atom. The van der Waals surface area contributed by atoms with Crippen LogP contribution in [0.1, 0.15) is 5.56 Å². The lowest BCUT2D eigenvalue weighted by Gasteiger charge is -2.13. The molecule has 0 amide bonds. The molecule has 0 saturated heterocycles. The third-order valence-electron chi connectivity index (χ3n) is 2.41. The Balaban J connectivity index is 2.14. The number of nitrogens with one attached hydrogen (secondary N) is 1. The lowest BCUT2D eigenvalue weighted by Crippen LogP contribution is -2.24. The Bertz CT molecular complexity index is 697. The first-order valence-electron chi connectivity index (χ1n) is 5.65. The smallest absolute Gasteiger partial charge is 0.405 e. The molecule has 0 aliphatic heterocycles. The molecule has 0 aliphatic carbocycles. The summed E-state index contributed by atoms with van der Waals surface area (Å²) in [5.74, 6) is -0.432. The second-order valence-corrected chi connectivity index (χ2v) is 6.85. The number of ether oxygens (including phenoxy) is 1. The van der Waals surface area contributed by atoms with Crippen LogP contribution in [0.5, 0.6) is 5.75 Å². The van der Waals surface area contributed by atoms with Crippen molar-refractivity contribution >= 4 is 21.4 Å². The van der Waals surface area contributed by atoms with Gasteiger partial charge in [-0.25, -0.2) is 13.1 Å². The van der Waals surface area contributed by atoms with E-state index < -0.39 is 22.1 Å². The normalized spacial score (nSPS) is 12.3. The predicted molar refractivity (Wildman–Crippen MR) is 71.5 cm³/mol. The van der Waals surface area contributed by atoms with Crippen LogP contribution >= 0.6 is 11.3 Å². The summed E-state index contributed by atoms with van der Waals surface area (Å²) in [6.45, 7) is -0.299. The molecule has 0 fully saturated rings. The van der Waals surface area contributed by atoms with E-state index in [4.69, 9.17) is 0 Å². The van der Waals surface area contributed by atoms with Crippen molar-refractivity contribution < 1.29 is 26.3 Å². The van der Waals surface area contributed by atoms with E-state index in [9.17, 15) is 21.6 Å². The zero-order chi connectivity index (χ0) is 15.5. The molecular formula is C12H10F3NO3S2. The fourth-order valence-electron chi connectivity index (χ4n) is 1.53. The molecule has 114 valence electrons. The van der Waals surface area contributed by atoms with Gasteiger partial charge in [-0.1, -0.05) is 24.3 Å². The first-order chi connectivity index (χ1) is 9.78. The highest BCUT2D eigenvalue weighted by Crippen LogP contribution is 2.26. The highest BCUT2D eigenvalue weighted by Gasteiger charge is 2.32. The molecule has 0 bridgehead atoms. The summed E-state index contributed by atoms with van der Waals surface area (Å²) in [5.41, 5.74) is 0.0926. The molecule has 4 nitrogen and oxygen atoms in total. The van der Waals surface area contributed by atoms with Crippen molar-refractivity contribution in [3.8, 4) is 5.75 Å². The summed E-state index contributed by atoms with van der Waals surface area (Å²) >= 11 is 1.02. The molecule has 1 N–H and O–H groups in total. The highest BCUT2D eigenvalue weighted by molar-refractivity contribution is 7.91. The lowest BCUT2D eigenvalue weighted by molar-refractivity contribution is -0.274. The van der Waals surface area contributed by atoms with Crippen LogP contribution in [0.3, 0.4) is 0 Å². The van der Waals surface area contributed by atoms with Gasteiger partial charge in [0.05, 0.1) is 0 Å². The third-order valence-corrected chi connectivity index (χ3v) is 5.21. The van der Waals surface area contributed by atoms with Crippen LogP contribution in [0.15, 0.2) is 46.0 Å². The van der Waals surface area contributed by atoms with E-state index in [0.717, 1.165) is 17.4 Å². The molecule has 2 aromatic rings. The standard InChI is InChI=1S/C12H10F3NO3S2/c13-12(14,15)19-10-5-2-1-4-9(10)8-16-21(17,18)11-6-3-7-20-11/h1-7,16H,8H2. The quantitative estimate of drug-likeness (QED) is 0.912. The second-order valence-electron chi connectivity index (χ2n) is 3.91. The molecular weight excluding hydrogens is 327 g/mol. The van der Waals surface area contributed by atoms with Crippen molar-refractivity contribution in [3.63, 3.8) is 0 Å². The number of thiophene rings is 1. The van der Waals surface area contributed by atoms with E-state index in [1.54, 1.807) is 11.4 Å². The summed E-state index contributed by atoms with van der Waals surface area (Å²) in [6.07, 6.45) is -4.83. The predicted octanol–water partition coefficient (Wildman–Crippen LogP) is 3.13. The van der Waals surface area contributed by atoms with Crippen LogP contribution < -0.4 is 9.46 Å². The molecule has 1 heterocycles. The maximum absolute atomic E-state index is 12.3. The topological polar surface area (TPSA) is 55.4 Å². The van der Waals surface area contributed by atoms with Crippen LogP contribution in [0, 0.1) is 0 Å². The number of halogens is 3. The van der Waals surface area contributed by atoms with Crippen LogP contribution in [0.2, 0.25) is 0 Å². The number of hydrogen-bond acceptors (Lipinski definition) is 4. The van der Waals surface area contributed by atoms with E-state index in [1.165, 1.54) is 24.3 Å². The number of alkyl halides is 3. The Hall–Kier alpha value is -1.58. The summed E-state index contributed by atoms with van der Waals surface area (Å²) in [6, 6.07) is 8.34. The first kappa shape index (κ1) is 15.8. The summed E-state index contributed by atoms with van der Waals surface area (Å²) in [7, 11) is -3.74. The van der Waals surface area contributed by atoms with E-state index in [0.29, 0.717) is 0 Å². The molecule has 0 aliphatic rings. The van der Waals surface area contributed by atoms with Crippen molar-refractivity contribution in [1.29, 1.82) is 0 Å². The number of benzene rings is 1. The minimum Gasteiger partial charge on any atom is -0.405 e. The fraction of sp³-hybridized carbons (Fsp3) is 0.167. The molecule has 0 radical (unpaired) electrons. The van der Waals surface area contributed by atoms with Crippen molar-refractivity contribution in [1.82, 2.24) is 4.72 Å². The molecule has 21 heavy (non-hydrogen) atoms. The van der Waals surface area contributed by atoms with Gasteiger partial charge in [-0.3, -0.25) is 0 Å². The Morgan fingerprint density at radius 1 is 1.14 bits per heavy atom. The van der Waals surface area contributed by atoms with Crippen LogP contribution in [-0.2, 0) is 16.6 Å². The van der Waals surface area contributed by atoms with Gasteiger partial charge < -0.3 is 4.74 Å². The van der Waals surface area contributed by atoms with Crippen molar-refractivity contribution in [2.45, 2.75) is 17.1 Å². The fourth-order valence-corrected chi connectivity index (χ4v) is 3.58. The summed E-state index contributed by atoms with van der Waals surface area (Å²) in [4.78, 5) is 0. The summed E-state index contributed by atoms with van der Waals surface area (Å²) < 4.78 is 66.8. The Kier molecular flexibility index (Phi) is 4.55. The zero-order valence-electron chi connectivity index (χ0n) is 10.4. The van der Waals surface area contributed by atoms with Crippen LogP contribution in [-0.4, -0.2) is 14.8 Å². The minimum absolute atomic E-state index is 0.0926. The highest BCUT2D eigenvalue weighted by atomic mass is 32.2. The molecule has 2 rings (SSSR count). The second kappa shape index (κ2) is 6.04. The number of rotatable bonds is 5. The monoisotopic (exact) mass is 337 g/mol. The molecule has 9 heteroatoms. The first-order valence-corrected chi connectivity index (χ1v) is 8.01. The molecule has 1 aromatic carbocycles.